The van der Waals surface area contributed by atoms with E-state index in [2.05, 4.69) is 15.2 Å². The molecule has 0 aliphatic carbocycles. The van der Waals surface area contributed by atoms with E-state index < -0.39 is 0 Å². The third-order valence-electron chi connectivity index (χ3n) is 5.24. The SMILES string of the molecule is CCn1c(=O)c(-c2c(Cl)c(OC)cc(OC)c2Cl)cc2cnc(-c3c[nH]nc3C)cc21. The summed E-state index contributed by atoms with van der Waals surface area (Å²) < 4.78 is 12.4. The van der Waals surface area contributed by atoms with Gasteiger partial charge in [0.25, 0.3) is 5.56 Å². The maximum atomic E-state index is 13.5. The van der Waals surface area contributed by atoms with Gasteiger partial charge in [0.2, 0.25) is 0 Å². The first kappa shape index (κ1) is 21.2. The number of aryl methyl sites for hydroxylation is 2. The molecule has 160 valence electrons. The van der Waals surface area contributed by atoms with E-state index in [-0.39, 0.29) is 15.6 Å². The molecule has 0 unspecified atom stereocenters. The number of ether oxygens (including phenoxy) is 2. The van der Waals surface area contributed by atoms with Gasteiger partial charge in [0.05, 0.1) is 46.7 Å². The number of benzene rings is 1. The average Bonchev–Trinajstić information content (AvgIpc) is 3.20. The summed E-state index contributed by atoms with van der Waals surface area (Å²) in [6, 6.07) is 5.22. The number of nitrogens with one attached hydrogen (secondary N) is 1. The number of hydrogen-bond acceptors (Lipinski definition) is 5. The summed E-state index contributed by atoms with van der Waals surface area (Å²) >= 11 is 13.1. The summed E-state index contributed by atoms with van der Waals surface area (Å²) in [7, 11) is 2.98. The van der Waals surface area contributed by atoms with Crippen molar-refractivity contribution in [3.8, 4) is 33.9 Å². The maximum Gasteiger partial charge on any atom is 0.259 e. The van der Waals surface area contributed by atoms with Crippen molar-refractivity contribution < 1.29 is 9.47 Å². The van der Waals surface area contributed by atoms with Gasteiger partial charge in [-0.05, 0) is 26.0 Å². The molecule has 1 aromatic carbocycles. The molecule has 0 atom stereocenters. The molecule has 0 aliphatic heterocycles. The van der Waals surface area contributed by atoms with Crippen molar-refractivity contribution in [1.29, 1.82) is 0 Å². The predicted octanol–water partition coefficient (Wildman–Crippen LogP) is 5.11. The highest BCUT2D eigenvalue weighted by molar-refractivity contribution is 6.41. The molecule has 0 saturated carbocycles. The van der Waals surface area contributed by atoms with Gasteiger partial charge in [0, 0.05) is 41.5 Å². The van der Waals surface area contributed by atoms with Crippen LogP contribution in [0.2, 0.25) is 10.0 Å². The van der Waals surface area contributed by atoms with Gasteiger partial charge in [-0.1, -0.05) is 23.2 Å². The topological polar surface area (TPSA) is 82.0 Å². The summed E-state index contributed by atoms with van der Waals surface area (Å²) in [5.41, 5.74) is 3.67. The summed E-state index contributed by atoms with van der Waals surface area (Å²) in [4.78, 5) is 18.1. The molecule has 0 bridgehead atoms. The van der Waals surface area contributed by atoms with Crippen LogP contribution in [0.3, 0.4) is 0 Å². The molecule has 9 heteroatoms. The maximum absolute atomic E-state index is 13.5. The number of nitrogens with zero attached hydrogens (tertiary/aromatic N) is 3. The van der Waals surface area contributed by atoms with E-state index in [1.807, 2.05) is 19.9 Å². The molecule has 0 amide bonds. The first-order chi connectivity index (χ1) is 14.9. The van der Waals surface area contributed by atoms with Crippen molar-refractivity contribution in [2.45, 2.75) is 20.4 Å². The van der Waals surface area contributed by atoms with Gasteiger partial charge < -0.3 is 14.0 Å². The summed E-state index contributed by atoms with van der Waals surface area (Å²) in [5, 5.41) is 8.25. The lowest BCUT2D eigenvalue weighted by Crippen LogP contribution is -2.21. The molecular formula is C22H20Cl2N4O3. The van der Waals surface area contributed by atoms with Crippen LogP contribution < -0.4 is 15.0 Å². The number of hydrogen-bond donors (Lipinski definition) is 1. The molecular weight excluding hydrogens is 439 g/mol. The number of fused-ring (bicyclic) bond motifs is 1. The van der Waals surface area contributed by atoms with E-state index in [0.717, 1.165) is 27.9 Å². The number of rotatable bonds is 5. The fourth-order valence-corrected chi connectivity index (χ4v) is 4.36. The first-order valence-electron chi connectivity index (χ1n) is 9.55. The quantitative estimate of drug-likeness (QED) is 0.449. The van der Waals surface area contributed by atoms with Crippen LogP contribution in [0.4, 0.5) is 0 Å². The number of pyridine rings is 2. The standard InChI is InChI=1S/C22H20Cl2N4O3/c1-5-28-16-7-15(14-10-26-27-11(14)2)25-9-12(16)6-13(22(28)29)19-20(23)17(30-3)8-18(31-4)21(19)24/h6-10H,5H2,1-4H3,(H,26,27). The second-order valence-electron chi connectivity index (χ2n) is 6.90. The number of methoxy groups -OCH3 is 2. The van der Waals surface area contributed by atoms with Crippen LogP contribution >= 0.6 is 23.2 Å². The van der Waals surface area contributed by atoms with Gasteiger partial charge >= 0.3 is 0 Å². The molecule has 4 aromatic rings. The van der Waals surface area contributed by atoms with Crippen LogP contribution in [0, 0.1) is 6.92 Å². The van der Waals surface area contributed by atoms with Gasteiger partial charge in [-0.15, -0.1) is 0 Å². The number of H-pyrrole nitrogens is 1. The van der Waals surface area contributed by atoms with Crippen LogP contribution in [0.25, 0.3) is 33.3 Å². The molecule has 0 saturated heterocycles. The van der Waals surface area contributed by atoms with Crippen LogP contribution in [0.5, 0.6) is 11.5 Å². The number of halogens is 2. The Morgan fingerprint density at radius 2 is 1.74 bits per heavy atom. The van der Waals surface area contributed by atoms with Crippen molar-refractivity contribution in [1.82, 2.24) is 19.7 Å². The molecule has 3 aromatic heterocycles. The average molecular weight is 459 g/mol. The second-order valence-corrected chi connectivity index (χ2v) is 7.66. The lowest BCUT2D eigenvalue weighted by atomic mass is 10.0. The Balaban J connectivity index is 2.03. The lowest BCUT2D eigenvalue weighted by Gasteiger charge is -2.17. The summed E-state index contributed by atoms with van der Waals surface area (Å²) in [6.07, 6.45) is 3.51. The highest BCUT2D eigenvalue weighted by Gasteiger charge is 2.22. The van der Waals surface area contributed by atoms with E-state index in [4.69, 9.17) is 32.7 Å². The van der Waals surface area contributed by atoms with Crippen LogP contribution in [0.15, 0.2) is 35.4 Å². The largest absolute Gasteiger partial charge is 0.495 e. The fraction of sp³-hybridized carbons (Fsp3) is 0.227. The molecule has 0 fully saturated rings. The van der Waals surface area contributed by atoms with Crippen molar-refractivity contribution in [2.24, 2.45) is 0 Å². The molecule has 0 aliphatic rings. The monoisotopic (exact) mass is 458 g/mol. The van der Waals surface area contributed by atoms with Gasteiger partial charge in [-0.25, -0.2) is 0 Å². The third-order valence-corrected chi connectivity index (χ3v) is 5.99. The molecule has 0 radical (unpaired) electrons. The van der Waals surface area contributed by atoms with E-state index in [0.29, 0.717) is 29.2 Å². The minimum Gasteiger partial charge on any atom is -0.495 e. The van der Waals surface area contributed by atoms with E-state index in [9.17, 15) is 4.79 Å². The van der Waals surface area contributed by atoms with Crippen molar-refractivity contribution in [3.05, 3.63) is 56.7 Å². The van der Waals surface area contributed by atoms with Crippen LogP contribution in [-0.2, 0) is 6.54 Å². The van der Waals surface area contributed by atoms with Crippen molar-refractivity contribution in [2.75, 3.05) is 14.2 Å². The lowest BCUT2D eigenvalue weighted by molar-refractivity contribution is 0.395. The van der Waals surface area contributed by atoms with Crippen molar-refractivity contribution >= 4 is 34.1 Å². The molecule has 7 nitrogen and oxygen atoms in total. The summed E-state index contributed by atoms with van der Waals surface area (Å²) in [6.45, 7) is 4.25. The van der Waals surface area contributed by atoms with Gasteiger partial charge in [-0.2, -0.15) is 5.10 Å². The minimum atomic E-state index is -0.227. The second kappa shape index (κ2) is 8.24. The van der Waals surface area contributed by atoms with E-state index in [1.165, 1.54) is 14.2 Å². The molecule has 4 rings (SSSR count). The van der Waals surface area contributed by atoms with Crippen molar-refractivity contribution in [3.63, 3.8) is 0 Å². The number of aromatic nitrogens is 4. The molecule has 3 heterocycles. The van der Waals surface area contributed by atoms with Gasteiger partial charge in [-0.3, -0.25) is 14.9 Å². The van der Waals surface area contributed by atoms with E-state index >= 15 is 0 Å². The third kappa shape index (κ3) is 3.43. The smallest absolute Gasteiger partial charge is 0.259 e. The molecule has 31 heavy (non-hydrogen) atoms. The highest BCUT2D eigenvalue weighted by Crippen LogP contribution is 2.45. The van der Waals surface area contributed by atoms with Gasteiger partial charge in [0.15, 0.2) is 0 Å². The Morgan fingerprint density at radius 3 is 2.29 bits per heavy atom. The van der Waals surface area contributed by atoms with Crippen LogP contribution in [-0.4, -0.2) is 34.0 Å². The normalized spacial score (nSPS) is 11.2. The van der Waals surface area contributed by atoms with Gasteiger partial charge in [0.1, 0.15) is 11.5 Å². The Labute approximate surface area is 188 Å². The Morgan fingerprint density at radius 1 is 1.06 bits per heavy atom. The number of aromatic amines is 1. The summed E-state index contributed by atoms with van der Waals surface area (Å²) in [5.74, 6) is 0.730. The zero-order valence-corrected chi connectivity index (χ0v) is 18.9. The Bertz CT molecular complexity index is 1330. The first-order valence-corrected chi connectivity index (χ1v) is 10.3. The zero-order chi connectivity index (χ0) is 22.3. The molecule has 1 N–H and O–H groups in total. The minimum absolute atomic E-state index is 0.227. The Hall–Kier alpha value is -3.03. The molecule has 0 spiro atoms. The predicted molar refractivity (Wildman–Crippen MR) is 123 cm³/mol. The highest BCUT2D eigenvalue weighted by atomic mass is 35.5. The fourth-order valence-electron chi connectivity index (χ4n) is 3.65. The van der Waals surface area contributed by atoms with Crippen LogP contribution in [0.1, 0.15) is 12.6 Å². The Kier molecular flexibility index (Phi) is 5.64. The van der Waals surface area contributed by atoms with E-state index in [1.54, 1.807) is 29.1 Å². The zero-order valence-electron chi connectivity index (χ0n) is 17.4.